The minimum absolute atomic E-state index is 0.00383. The van der Waals surface area contributed by atoms with E-state index in [1.54, 1.807) is 16.8 Å². The third-order valence-electron chi connectivity index (χ3n) is 4.54. The van der Waals surface area contributed by atoms with Crippen LogP contribution in [0.15, 0.2) is 28.7 Å². The predicted octanol–water partition coefficient (Wildman–Crippen LogP) is 3.77. The van der Waals surface area contributed by atoms with E-state index in [1.807, 2.05) is 12.1 Å². The highest BCUT2D eigenvalue weighted by Gasteiger charge is 2.32. The average molecular weight is 416 g/mol. The lowest BCUT2D eigenvalue weighted by molar-refractivity contribution is 0.151. The van der Waals surface area contributed by atoms with Gasteiger partial charge in [0.15, 0.2) is 9.84 Å². The van der Waals surface area contributed by atoms with Crippen molar-refractivity contribution < 1.29 is 12.8 Å². The molecule has 142 valence electrons. The van der Waals surface area contributed by atoms with E-state index >= 15 is 0 Å². The number of hydrogen-bond donors (Lipinski definition) is 0. The summed E-state index contributed by atoms with van der Waals surface area (Å²) in [7, 11) is -2.94. The standard InChI is InChI=1S/C17H22ClN3O3S2/c1-2-3-9-20(15-8-10-26(22,23)11-15)12-21-17(25)24-16(19-21)13-4-6-14(18)7-5-13/h4-7,15H,2-3,8-12H2,1H3/t15-/m0/s1. The van der Waals surface area contributed by atoms with Gasteiger partial charge < -0.3 is 4.42 Å². The molecule has 1 atom stereocenters. The molecule has 1 saturated heterocycles. The van der Waals surface area contributed by atoms with Crippen LogP contribution in [0.4, 0.5) is 0 Å². The lowest BCUT2D eigenvalue weighted by Crippen LogP contribution is -2.38. The van der Waals surface area contributed by atoms with Gasteiger partial charge in [0.1, 0.15) is 0 Å². The van der Waals surface area contributed by atoms with Gasteiger partial charge in [-0.15, -0.1) is 5.10 Å². The zero-order chi connectivity index (χ0) is 18.7. The summed E-state index contributed by atoms with van der Waals surface area (Å²) in [5.41, 5.74) is 0.794. The quantitative estimate of drug-likeness (QED) is 0.641. The van der Waals surface area contributed by atoms with Gasteiger partial charge in [-0.1, -0.05) is 24.9 Å². The van der Waals surface area contributed by atoms with Gasteiger partial charge in [-0.3, -0.25) is 4.90 Å². The van der Waals surface area contributed by atoms with Crippen molar-refractivity contribution in [3.05, 3.63) is 34.1 Å². The van der Waals surface area contributed by atoms with Gasteiger partial charge in [-0.05, 0) is 49.3 Å². The van der Waals surface area contributed by atoms with Crippen molar-refractivity contribution in [2.75, 3.05) is 18.1 Å². The molecule has 1 fully saturated rings. The second kappa shape index (κ2) is 8.21. The largest absolute Gasteiger partial charge is 0.409 e. The van der Waals surface area contributed by atoms with Gasteiger partial charge in [0.05, 0.1) is 18.2 Å². The fraction of sp³-hybridized carbons (Fsp3) is 0.529. The smallest absolute Gasteiger partial charge is 0.288 e. The molecule has 0 spiro atoms. The Hall–Kier alpha value is -1.22. The molecule has 0 aliphatic carbocycles. The van der Waals surface area contributed by atoms with Crippen molar-refractivity contribution in [3.8, 4) is 11.5 Å². The van der Waals surface area contributed by atoms with Crippen LogP contribution >= 0.6 is 23.8 Å². The van der Waals surface area contributed by atoms with Crippen molar-refractivity contribution >= 4 is 33.7 Å². The predicted molar refractivity (Wildman–Crippen MR) is 104 cm³/mol. The third kappa shape index (κ3) is 4.73. The van der Waals surface area contributed by atoms with Crippen molar-refractivity contribution in [3.63, 3.8) is 0 Å². The Labute approximate surface area is 163 Å². The molecule has 0 amide bonds. The lowest BCUT2D eigenvalue weighted by Gasteiger charge is -2.27. The van der Waals surface area contributed by atoms with E-state index in [0.717, 1.165) is 24.9 Å². The molecule has 0 saturated carbocycles. The Morgan fingerprint density at radius 2 is 2.12 bits per heavy atom. The molecule has 0 unspecified atom stereocenters. The van der Waals surface area contributed by atoms with Crippen LogP contribution in [0.2, 0.25) is 5.02 Å². The zero-order valence-electron chi connectivity index (χ0n) is 14.6. The monoisotopic (exact) mass is 415 g/mol. The van der Waals surface area contributed by atoms with Crippen LogP contribution in [0.5, 0.6) is 0 Å². The fourth-order valence-electron chi connectivity index (χ4n) is 3.07. The highest BCUT2D eigenvalue weighted by molar-refractivity contribution is 7.91. The SMILES string of the molecule is CCCCN(Cn1nc(-c2ccc(Cl)cc2)oc1=S)[C@H]1CCS(=O)(=O)C1. The van der Waals surface area contributed by atoms with E-state index in [9.17, 15) is 8.42 Å². The molecule has 0 N–H and O–H groups in total. The van der Waals surface area contributed by atoms with Crippen LogP contribution in [0.25, 0.3) is 11.5 Å². The normalized spacial score (nSPS) is 19.3. The minimum atomic E-state index is -2.94. The van der Waals surface area contributed by atoms with Crippen LogP contribution < -0.4 is 0 Å². The van der Waals surface area contributed by atoms with Crippen LogP contribution in [0, 0.1) is 4.84 Å². The van der Waals surface area contributed by atoms with Crippen molar-refractivity contribution in [2.45, 2.75) is 38.9 Å². The number of rotatable bonds is 7. The van der Waals surface area contributed by atoms with Crippen molar-refractivity contribution in [1.29, 1.82) is 0 Å². The summed E-state index contributed by atoms with van der Waals surface area (Å²) in [5, 5.41) is 5.12. The molecular weight excluding hydrogens is 394 g/mol. The Bertz CT molecular complexity index is 906. The van der Waals surface area contributed by atoms with Crippen LogP contribution in [0.1, 0.15) is 26.2 Å². The fourth-order valence-corrected chi connectivity index (χ4v) is 5.14. The van der Waals surface area contributed by atoms with E-state index in [0.29, 0.717) is 24.0 Å². The topological polar surface area (TPSA) is 68.3 Å². The van der Waals surface area contributed by atoms with E-state index in [1.165, 1.54) is 0 Å². The highest BCUT2D eigenvalue weighted by Crippen LogP contribution is 2.22. The Balaban J connectivity index is 1.80. The van der Waals surface area contributed by atoms with Gasteiger partial charge in [-0.25, -0.2) is 13.1 Å². The molecule has 1 aliphatic heterocycles. The molecule has 3 rings (SSSR count). The molecule has 6 nitrogen and oxygen atoms in total. The van der Waals surface area contributed by atoms with Crippen LogP contribution in [0.3, 0.4) is 0 Å². The van der Waals surface area contributed by atoms with Gasteiger partial charge >= 0.3 is 0 Å². The summed E-state index contributed by atoms with van der Waals surface area (Å²) < 4.78 is 31.0. The lowest BCUT2D eigenvalue weighted by atomic mass is 10.2. The zero-order valence-corrected chi connectivity index (χ0v) is 17.0. The molecule has 26 heavy (non-hydrogen) atoms. The number of nitrogens with zero attached hydrogens (tertiary/aromatic N) is 3. The molecule has 2 aromatic rings. The molecular formula is C17H22ClN3O3S2. The number of unbranched alkanes of at least 4 members (excludes halogenated alkanes) is 1. The van der Waals surface area contributed by atoms with Gasteiger partial charge in [0.2, 0.25) is 5.89 Å². The van der Waals surface area contributed by atoms with E-state index in [4.69, 9.17) is 28.2 Å². The van der Waals surface area contributed by atoms with Crippen molar-refractivity contribution in [2.24, 2.45) is 0 Å². The first-order valence-corrected chi connectivity index (χ1v) is 11.3. The maximum atomic E-state index is 11.9. The minimum Gasteiger partial charge on any atom is -0.409 e. The first-order valence-electron chi connectivity index (χ1n) is 8.66. The summed E-state index contributed by atoms with van der Waals surface area (Å²) in [5.74, 6) is 0.882. The average Bonchev–Trinajstić information content (AvgIpc) is 3.14. The van der Waals surface area contributed by atoms with Crippen LogP contribution in [-0.2, 0) is 16.5 Å². The first-order chi connectivity index (χ1) is 12.4. The summed E-state index contributed by atoms with van der Waals surface area (Å²) in [6.45, 7) is 3.35. The third-order valence-corrected chi connectivity index (χ3v) is 6.83. The van der Waals surface area contributed by atoms with E-state index in [2.05, 4.69) is 16.9 Å². The van der Waals surface area contributed by atoms with Gasteiger partial charge in [0.25, 0.3) is 4.84 Å². The number of aromatic nitrogens is 2. The number of halogens is 1. The summed E-state index contributed by atoms with van der Waals surface area (Å²) in [6.07, 6.45) is 2.68. The van der Waals surface area contributed by atoms with E-state index < -0.39 is 9.84 Å². The summed E-state index contributed by atoms with van der Waals surface area (Å²) in [4.78, 5) is 2.43. The highest BCUT2D eigenvalue weighted by atomic mass is 35.5. The molecule has 2 heterocycles. The van der Waals surface area contributed by atoms with E-state index in [-0.39, 0.29) is 22.4 Å². The molecule has 0 bridgehead atoms. The van der Waals surface area contributed by atoms with Crippen molar-refractivity contribution in [1.82, 2.24) is 14.7 Å². The molecule has 1 aromatic heterocycles. The molecule has 1 aromatic carbocycles. The Morgan fingerprint density at radius 3 is 2.73 bits per heavy atom. The maximum absolute atomic E-state index is 11.9. The van der Waals surface area contributed by atoms with Gasteiger partial charge in [-0.2, -0.15) is 0 Å². The number of sulfone groups is 1. The maximum Gasteiger partial charge on any atom is 0.288 e. The molecule has 9 heteroatoms. The summed E-state index contributed by atoms with van der Waals surface area (Å²) >= 11 is 11.2. The Morgan fingerprint density at radius 1 is 1.38 bits per heavy atom. The van der Waals surface area contributed by atoms with Crippen LogP contribution in [-0.4, -0.2) is 47.2 Å². The number of benzene rings is 1. The number of hydrogen-bond acceptors (Lipinski definition) is 6. The van der Waals surface area contributed by atoms with Gasteiger partial charge in [0, 0.05) is 23.2 Å². The second-order valence-corrected chi connectivity index (χ2v) is 9.56. The Kier molecular flexibility index (Phi) is 6.17. The first kappa shape index (κ1) is 19.5. The second-order valence-electron chi connectivity index (χ2n) is 6.54. The summed E-state index contributed by atoms with van der Waals surface area (Å²) in [6, 6.07) is 7.19. The molecule has 1 aliphatic rings. The molecule has 0 radical (unpaired) electrons.